The maximum atomic E-state index is 12.8. The Bertz CT molecular complexity index is 833. The number of carbonyl (C=O) groups excluding carboxylic acids is 1. The summed E-state index contributed by atoms with van der Waals surface area (Å²) in [5.74, 6) is 2.37. The number of benzene rings is 2. The van der Waals surface area contributed by atoms with Crippen LogP contribution in [-0.4, -0.2) is 38.2 Å². The molecule has 0 aliphatic carbocycles. The quantitative estimate of drug-likeness (QED) is 0.709. The monoisotopic (exact) mass is 383 g/mol. The lowest BCUT2D eigenvalue weighted by atomic mass is 10.0. The molecule has 0 saturated carbocycles. The van der Waals surface area contributed by atoms with Gasteiger partial charge in [0.05, 0.1) is 33.3 Å². The van der Waals surface area contributed by atoms with Crippen LogP contribution in [0.5, 0.6) is 17.2 Å². The Kier molecular flexibility index (Phi) is 6.45. The molecule has 1 amide bonds. The van der Waals surface area contributed by atoms with Gasteiger partial charge in [0.1, 0.15) is 5.75 Å². The molecule has 150 valence electrons. The number of likely N-dealkylation sites (tertiary alicyclic amines) is 1. The van der Waals surface area contributed by atoms with Crippen LogP contribution in [0.4, 0.5) is 0 Å². The maximum absolute atomic E-state index is 12.8. The molecule has 2 aromatic rings. The van der Waals surface area contributed by atoms with E-state index in [9.17, 15) is 4.79 Å². The van der Waals surface area contributed by atoms with Gasteiger partial charge in [-0.1, -0.05) is 18.2 Å². The first kappa shape index (κ1) is 20.1. The number of ether oxygens (including phenoxy) is 3. The second kappa shape index (κ2) is 9.00. The highest BCUT2D eigenvalue weighted by atomic mass is 16.5. The molecule has 0 spiro atoms. The first-order valence-electron chi connectivity index (χ1n) is 9.75. The van der Waals surface area contributed by atoms with Gasteiger partial charge in [0.2, 0.25) is 5.91 Å². The Morgan fingerprint density at radius 2 is 1.86 bits per heavy atom. The fourth-order valence-electron chi connectivity index (χ4n) is 3.74. The van der Waals surface area contributed by atoms with E-state index in [1.54, 1.807) is 14.2 Å². The Morgan fingerprint density at radius 1 is 1.07 bits per heavy atom. The summed E-state index contributed by atoms with van der Waals surface area (Å²) in [6.45, 7) is 5.27. The Balaban J connectivity index is 1.64. The van der Waals surface area contributed by atoms with E-state index in [2.05, 4.69) is 13.0 Å². The molecule has 1 fully saturated rings. The highest BCUT2D eigenvalue weighted by molar-refractivity contribution is 5.77. The molecular formula is C23H29NO4. The number of aryl methyl sites for hydroxylation is 1. The van der Waals surface area contributed by atoms with Crippen molar-refractivity contribution in [3.63, 3.8) is 0 Å². The minimum atomic E-state index is 0.0769. The summed E-state index contributed by atoms with van der Waals surface area (Å²) < 4.78 is 16.6. The number of amides is 1. The van der Waals surface area contributed by atoms with Crippen LogP contribution in [0.25, 0.3) is 0 Å². The van der Waals surface area contributed by atoms with Crippen LogP contribution >= 0.6 is 0 Å². The molecule has 1 aliphatic heterocycles. The van der Waals surface area contributed by atoms with Crippen LogP contribution in [0, 0.1) is 13.8 Å². The lowest BCUT2D eigenvalue weighted by Crippen LogP contribution is -2.31. The second-order valence-corrected chi connectivity index (χ2v) is 7.16. The molecule has 5 heteroatoms. The lowest BCUT2D eigenvalue weighted by molar-refractivity contribution is -0.132. The Morgan fingerprint density at radius 3 is 2.61 bits per heavy atom. The van der Waals surface area contributed by atoms with E-state index in [1.807, 2.05) is 42.2 Å². The third-order valence-corrected chi connectivity index (χ3v) is 5.49. The van der Waals surface area contributed by atoms with Crippen molar-refractivity contribution in [3.05, 3.63) is 53.1 Å². The fourth-order valence-corrected chi connectivity index (χ4v) is 3.74. The fraction of sp³-hybridized carbons (Fsp3) is 0.435. The van der Waals surface area contributed by atoms with Crippen molar-refractivity contribution in [1.29, 1.82) is 0 Å². The molecule has 0 aromatic heterocycles. The minimum absolute atomic E-state index is 0.0769. The van der Waals surface area contributed by atoms with Crippen molar-refractivity contribution in [1.82, 2.24) is 4.90 Å². The van der Waals surface area contributed by atoms with E-state index in [0.29, 0.717) is 24.5 Å². The second-order valence-electron chi connectivity index (χ2n) is 7.16. The summed E-state index contributed by atoms with van der Waals surface area (Å²) in [6, 6.07) is 12.0. The van der Waals surface area contributed by atoms with Gasteiger partial charge in [-0.2, -0.15) is 0 Å². The molecule has 5 nitrogen and oxygen atoms in total. The Hall–Kier alpha value is -2.69. The van der Waals surface area contributed by atoms with Gasteiger partial charge in [0.25, 0.3) is 0 Å². The molecule has 0 bridgehead atoms. The van der Waals surface area contributed by atoms with Gasteiger partial charge in [0, 0.05) is 6.54 Å². The van der Waals surface area contributed by atoms with Crippen molar-refractivity contribution < 1.29 is 19.0 Å². The van der Waals surface area contributed by atoms with Gasteiger partial charge in [0.15, 0.2) is 11.5 Å². The van der Waals surface area contributed by atoms with Gasteiger partial charge >= 0.3 is 0 Å². The van der Waals surface area contributed by atoms with Crippen molar-refractivity contribution in [2.75, 3.05) is 27.4 Å². The number of carbonyl (C=O) groups is 1. The zero-order valence-electron chi connectivity index (χ0n) is 17.2. The number of methoxy groups -OCH3 is 2. The minimum Gasteiger partial charge on any atom is -0.493 e. The molecular weight excluding hydrogens is 354 g/mol. The normalized spacial score (nSPS) is 16.1. The van der Waals surface area contributed by atoms with Crippen LogP contribution in [-0.2, 0) is 4.79 Å². The average molecular weight is 383 g/mol. The molecule has 3 rings (SSSR count). The van der Waals surface area contributed by atoms with E-state index >= 15 is 0 Å². The smallest absolute Gasteiger partial charge is 0.226 e. The topological polar surface area (TPSA) is 48.0 Å². The van der Waals surface area contributed by atoms with Gasteiger partial charge in [-0.3, -0.25) is 4.79 Å². The van der Waals surface area contributed by atoms with Crippen LogP contribution in [0.2, 0.25) is 0 Å². The molecule has 0 radical (unpaired) electrons. The third-order valence-electron chi connectivity index (χ3n) is 5.49. The number of hydrogen-bond donors (Lipinski definition) is 0. The number of rotatable bonds is 7. The van der Waals surface area contributed by atoms with E-state index in [1.165, 1.54) is 5.56 Å². The lowest BCUT2D eigenvalue weighted by Gasteiger charge is -2.26. The van der Waals surface area contributed by atoms with Crippen molar-refractivity contribution in [2.45, 2.75) is 39.2 Å². The summed E-state index contributed by atoms with van der Waals surface area (Å²) in [5.41, 5.74) is 3.40. The predicted molar refractivity (Wildman–Crippen MR) is 109 cm³/mol. The van der Waals surface area contributed by atoms with Crippen LogP contribution < -0.4 is 14.2 Å². The van der Waals surface area contributed by atoms with Crippen molar-refractivity contribution in [3.8, 4) is 17.2 Å². The predicted octanol–water partition coefficient (Wildman–Crippen LogP) is 4.45. The molecule has 1 saturated heterocycles. The molecule has 1 aliphatic rings. The SMILES string of the molecule is COc1ccc([C@@H]2CCCN2C(=O)CCOc2cccc(C)c2C)cc1OC. The van der Waals surface area contributed by atoms with E-state index < -0.39 is 0 Å². The van der Waals surface area contributed by atoms with Crippen LogP contribution in [0.15, 0.2) is 36.4 Å². The zero-order chi connectivity index (χ0) is 20.1. The maximum Gasteiger partial charge on any atom is 0.226 e. The molecule has 1 heterocycles. The summed E-state index contributed by atoms with van der Waals surface area (Å²) in [6.07, 6.45) is 2.33. The van der Waals surface area contributed by atoms with Gasteiger partial charge in [-0.05, 0) is 61.6 Å². The van der Waals surface area contributed by atoms with Crippen LogP contribution in [0.3, 0.4) is 0 Å². The van der Waals surface area contributed by atoms with E-state index in [-0.39, 0.29) is 11.9 Å². The van der Waals surface area contributed by atoms with Crippen LogP contribution in [0.1, 0.15) is 42.0 Å². The summed E-state index contributed by atoms with van der Waals surface area (Å²) in [7, 11) is 3.25. The molecule has 0 N–H and O–H groups in total. The highest BCUT2D eigenvalue weighted by Crippen LogP contribution is 2.37. The van der Waals surface area contributed by atoms with Crippen molar-refractivity contribution >= 4 is 5.91 Å². The molecule has 28 heavy (non-hydrogen) atoms. The molecule has 2 aromatic carbocycles. The molecule has 0 unspecified atom stereocenters. The summed E-state index contributed by atoms with van der Waals surface area (Å²) in [4.78, 5) is 14.8. The average Bonchev–Trinajstić information content (AvgIpc) is 3.20. The Labute approximate surface area is 167 Å². The van der Waals surface area contributed by atoms with Gasteiger partial charge in [-0.25, -0.2) is 0 Å². The zero-order valence-corrected chi connectivity index (χ0v) is 17.2. The largest absolute Gasteiger partial charge is 0.493 e. The summed E-state index contributed by atoms with van der Waals surface area (Å²) >= 11 is 0. The highest BCUT2D eigenvalue weighted by Gasteiger charge is 2.30. The van der Waals surface area contributed by atoms with E-state index in [4.69, 9.17) is 14.2 Å². The first-order chi connectivity index (χ1) is 13.5. The van der Waals surface area contributed by atoms with Crippen molar-refractivity contribution in [2.24, 2.45) is 0 Å². The van der Waals surface area contributed by atoms with E-state index in [0.717, 1.165) is 36.3 Å². The van der Waals surface area contributed by atoms with Gasteiger partial charge in [-0.15, -0.1) is 0 Å². The van der Waals surface area contributed by atoms with Gasteiger partial charge < -0.3 is 19.1 Å². The number of nitrogens with zero attached hydrogens (tertiary/aromatic N) is 1. The number of hydrogen-bond acceptors (Lipinski definition) is 4. The first-order valence-corrected chi connectivity index (χ1v) is 9.75. The molecule has 1 atom stereocenters. The summed E-state index contributed by atoms with van der Waals surface area (Å²) in [5, 5.41) is 0. The standard InChI is InChI=1S/C23H29NO4/c1-16-7-5-9-20(17(16)2)28-14-12-23(25)24-13-6-8-19(24)18-10-11-21(26-3)22(15-18)27-4/h5,7,9-11,15,19H,6,8,12-14H2,1-4H3/t19-/m0/s1. The third kappa shape index (κ3) is 4.24.